The molecule has 3 aromatic rings. The molecule has 6 nitrogen and oxygen atoms in total. The van der Waals surface area contributed by atoms with Crippen molar-refractivity contribution in [1.29, 1.82) is 0 Å². The average molecular weight is 410 g/mol. The fourth-order valence-electron chi connectivity index (χ4n) is 3.11. The normalized spacial score (nSPS) is 11.4. The molecule has 0 aliphatic heterocycles. The summed E-state index contributed by atoms with van der Waals surface area (Å²) in [7, 11) is 1.57. The third kappa shape index (κ3) is 4.48. The first-order valence-corrected chi connectivity index (χ1v) is 9.78. The molecule has 6 heteroatoms. The number of hydrogen-bond acceptors (Lipinski definition) is 6. The van der Waals surface area contributed by atoms with Gasteiger partial charge in [-0.2, -0.15) is 0 Å². The Labute approximate surface area is 175 Å². The number of rotatable bonds is 7. The SMILES string of the molecule is CCOC(=O)c1c(C(C)(C)C)oc2ccc(OCC(=O)c3ccc(OC)cc3)cc12. The summed E-state index contributed by atoms with van der Waals surface area (Å²) in [6.07, 6.45) is 0. The molecule has 0 saturated heterocycles. The van der Waals surface area contributed by atoms with Crippen molar-refractivity contribution in [2.24, 2.45) is 0 Å². The van der Waals surface area contributed by atoms with Crippen molar-refractivity contribution in [2.45, 2.75) is 33.1 Å². The van der Waals surface area contributed by atoms with E-state index in [-0.39, 0.29) is 24.4 Å². The molecule has 30 heavy (non-hydrogen) atoms. The van der Waals surface area contributed by atoms with Gasteiger partial charge in [0.2, 0.25) is 0 Å². The second kappa shape index (κ2) is 8.61. The van der Waals surface area contributed by atoms with Crippen LogP contribution >= 0.6 is 0 Å². The molecular weight excluding hydrogens is 384 g/mol. The molecule has 0 bridgehead atoms. The minimum Gasteiger partial charge on any atom is -0.497 e. The molecule has 0 saturated carbocycles. The van der Waals surface area contributed by atoms with Gasteiger partial charge in [-0.25, -0.2) is 4.79 Å². The average Bonchev–Trinajstić information content (AvgIpc) is 3.11. The predicted molar refractivity (Wildman–Crippen MR) is 114 cm³/mol. The number of furan rings is 1. The Hall–Kier alpha value is -3.28. The van der Waals surface area contributed by atoms with Crippen molar-refractivity contribution in [3.05, 3.63) is 59.4 Å². The van der Waals surface area contributed by atoms with Crippen LogP contribution in [0.4, 0.5) is 0 Å². The molecule has 158 valence electrons. The maximum atomic E-state index is 12.6. The number of ketones is 1. The molecule has 0 spiro atoms. The van der Waals surface area contributed by atoms with Gasteiger partial charge in [-0.1, -0.05) is 20.8 Å². The number of fused-ring (bicyclic) bond motifs is 1. The second-order valence-electron chi connectivity index (χ2n) is 7.87. The lowest BCUT2D eigenvalue weighted by Crippen LogP contribution is -2.16. The van der Waals surface area contributed by atoms with Gasteiger partial charge in [0.1, 0.15) is 28.4 Å². The first-order chi connectivity index (χ1) is 14.2. The summed E-state index contributed by atoms with van der Waals surface area (Å²) in [6.45, 7) is 7.81. The Bertz CT molecular complexity index is 1050. The maximum absolute atomic E-state index is 12.6. The zero-order chi connectivity index (χ0) is 21.9. The van der Waals surface area contributed by atoms with E-state index < -0.39 is 5.97 Å². The van der Waals surface area contributed by atoms with Crippen LogP contribution in [0, 0.1) is 0 Å². The number of carbonyl (C=O) groups is 2. The lowest BCUT2D eigenvalue weighted by Gasteiger charge is -2.16. The third-order valence-corrected chi connectivity index (χ3v) is 4.60. The summed E-state index contributed by atoms with van der Waals surface area (Å²) in [6, 6.07) is 12.0. The molecule has 0 atom stereocenters. The highest BCUT2D eigenvalue weighted by Gasteiger charge is 2.30. The number of Topliss-reactive ketones (excluding diaryl/α,β-unsaturated/α-hetero) is 1. The molecule has 0 unspecified atom stereocenters. The van der Waals surface area contributed by atoms with Crippen molar-refractivity contribution in [1.82, 2.24) is 0 Å². The number of esters is 1. The van der Waals surface area contributed by atoms with Crippen LogP contribution in [-0.4, -0.2) is 32.1 Å². The zero-order valence-corrected chi connectivity index (χ0v) is 17.9. The van der Waals surface area contributed by atoms with Crippen LogP contribution in [0.15, 0.2) is 46.9 Å². The summed E-state index contributed by atoms with van der Waals surface area (Å²) in [5.41, 5.74) is 1.11. The van der Waals surface area contributed by atoms with Gasteiger partial charge < -0.3 is 18.6 Å². The lowest BCUT2D eigenvalue weighted by atomic mass is 9.89. The van der Waals surface area contributed by atoms with Gasteiger partial charge in [-0.05, 0) is 49.4 Å². The van der Waals surface area contributed by atoms with E-state index in [4.69, 9.17) is 18.6 Å². The number of methoxy groups -OCH3 is 1. The molecule has 1 heterocycles. The quantitative estimate of drug-likeness (QED) is 0.395. The highest BCUT2D eigenvalue weighted by Crippen LogP contribution is 2.36. The molecule has 0 N–H and O–H groups in total. The van der Waals surface area contributed by atoms with Crippen LogP contribution in [0.3, 0.4) is 0 Å². The van der Waals surface area contributed by atoms with Crippen LogP contribution in [0.5, 0.6) is 11.5 Å². The van der Waals surface area contributed by atoms with Gasteiger partial charge in [-0.3, -0.25) is 4.79 Å². The van der Waals surface area contributed by atoms with Crippen molar-refractivity contribution in [2.75, 3.05) is 20.3 Å². The lowest BCUT2D eigenvalue weighted by molar-refractivity contribution is 0.0523. The summed E-state index contributed by atoms with van der Waals surface area (Å²) < 4.78 is 22.0. The van der Waals surface area contributed by atoms with Crippen molar-refractivity contribution in [3.63, 3.8) is 0 Å². The van der Waals surface area contributed by atoms with E-state index in [0.717, 1.165) is 0 Å². The largest absolute Gasteiger partial charge is 0.497 e. The van der Waals surface area contributed by atoms with Crippen LogP contribution < -0.4 is 9.47 Å². The molecule has 0 amide bonds. The van der Waals surface area contributed by atoms with E-state index in [1.54, 1.807) is 56.5 Å². The van der Waals surface area contributed by atoms with Crippen LogP contribution in [0.2, 0.25) is 0 Å². The highest BCUT2D eigenvalue weighted by molar-refractivity contribution is 6.05. The zero-order valence-electron chi connectivity index (χ0n) is 17.9. The smallest absolute Gasteiger partial charge is 0.342 e. The Morgan fingerprint density at radius 2 is 1.67 bits per heavy atom. The Balaban J connectivity index is 1.87. The third-order valence-electron chi connectivity index (χ3n) is 4.60. The van der Waals surface area contributed by atoms with E-state index in [2.05, 4.69) is 0 Å². The van der Waals surface area contributed by atoms with Gasteiger partial charge in [0.15, 0.2) is 12.4 Å². The number of hydrogen-bond donors (Lipinski definition) is 0. The molecule has 3 rings (SSSR count). The molecule has 0 aliphatic carbocycles. The van der Waals surface area contributed by atoms with E-state index >= 15 is 0 Å². The first kappa shape index (κ1) is 21.4. The van der Waals surface area contributed by atoms with Gasteiger partial charge in [0, 0.05) is 16.4 Å². The highest BCUT2D eigenvalue weighted by atomic mass is 16.5. The fraction of sp³-hybridized carbons (Fsp3) is 0.333. The van der Waals surface area contributed by atoms with E-state index in [0.29, 0.717) is 39.4 Å². The summed E-state index contributed by atoms with van der Waals surface area (Å²) in [5, 5.41) is 0.604. The number of ether oxygens (including phenoxy) is 3. The maximum Gasteiger partial charge on any atom is 0.342 e. The van der Waals surface area contributed by atoms with Crippen LogP contribution in [0.1, 0.15) is 54.2 Å². The van der Waals surface area contributed by atoms with Gasteiger partial charge in [0.25, 0.3) is 0 Å². The molecular formula is C24H26O6. The van der Waals surface area contributed by atoms with Crippen LogP contribution in [0.25, 0.3) is 11.0 Å². The van der Waals surface area contributed by atoms with E-state index in [9.17, 15) is 9.59 Å². The minimum absolute atomic E-state index is 0.128. The topological polar surface area (TPSA) is 75.0 Å². The molecule has 0 aliphatic rings. The van der Waals surface area contributed by atoms with Crippen molar-refractivity contribution in [3.8, 4) is 11.5 Å². The Kier molecular flexibility index (Phi) is 6.15. The van der Waals surface area contributed by atoms with Crippen LogP contribution in [-0.2, 0) is 10.2 Å². The van der Waals surface area contributed by atoms with Gasteiger partial charge >= 0.3 is 5.97 Å². The molecule has 1 aromatic heterocycles. The van der Waals surface area contributed by atoms with Gasteiger partial charge in [-0.15, -0.1) is 0 Å². The summed E-state index contributed by atoms with van der Waals surface area (Å²) in [5.74, 6) is 1.11. The molecule has 0 radical (unpaired) electrons. The second-order valence-corrected chi connectivity index (χ2v) is 7.87. The number of carbonyl (C=O) groups excluding carboxylic acids is 2. The van der Waals surface area contributed by atoms with Crippen molar-refractivity contribution >= 4 is 22.7 Å². The fourth-order valence-corrected chi connectivity index (χ4v) is 3.11. The molecule has 0 fully saturated rings. The first-order valence-electron chi connectivity index (χ1n) is 9.78. The van der Waals surface area contributed by atoms with Gasteiger partial charge in [0.05, 0.1) is 13.7 Å². The Morgan fingerprint density at radius 1 is 1.00 bits per heavy atom. The monoisotopic (exact) mass is 410 g/mol. The standard InChI is InChI=1S/C24H26O6/c1-6-28-23(26)21-18-13-17(11-12-20(18)30-22(21)24(2,3)4)29-14-19(25)15-7-9-16(27-5)10-8-15/h7-13H,6,14H2,1-5H3. The predicted octanol–water partition coefficient (Wildman–Crippen LogP) is 5.18. The van der Waals surface area contributed by atoms with E-state index in [1.807, 2.05) is 20.8 Å². The summed E-state index contributed by atoms with van der Waals surface area (Å²) in [4.78, 5) is 25.0. The molecule has 2 aromatic carbocycles. The van der Waals surface area contributed by atoms with E-state index in [1.165, 1.54) is 0 Å². The summed E-state index contributed by atoms with van der Waals surface area (Å²) >= 11 is 0. The number of benzene rings is 2. The Morgan fingerprint density at radius 3 is 2.27 bits per heavy atom. The minimum atomic E-state index is -0.437. The van der Waals surface area contributed by atoms with Crippen molar-refractivity contribution < 1.29 is 28.2 Å².